The molecule has 1 heterocycles. The van der Waals surface area contributed by atoms with E-state index in [9.17, 15) is 9.59 Å². The van der Waals surface area contributed by atoms with Gasteiger partial charge in [0.25, 0.3) is 5.22 Å². The number of carbonyl (C=O) groups excluding carboxylic acids is 2. The molecule has 0 aliphatic carbocycles. The minimum atomic E-state index is -0.579. The van der Waals surface area contributed by atoms with Gasteiger partial charge in [0, 0.05) is 0 Å². The van der Waals surface area contributed by atoms with Gasteiger partial charge in [0.2, 0.25) is 0 Å². The first-order valence-electron chi connectivity index (χ1n) is 8.59. The Labute approximate surface area is 161 Å². The summed E-state index contributed by atoms with van der Waals surface area (Å²) in [5.41, 5.74) is 2.20. The van der Waals surface area contributed by atoms with Crippen molar-refractivity contribution in [2.75, 3.05) is 0 Å². The zero-order valence-corrected chi connectivity index (χ0v) is 15.6. The molecular weight excluding hydrogens is 366 g/mol. The minimum Gasteiger partial charge on any atom is -0.461 e. The van der Waals surface area contributed by atoms with E-state index < -0.39 is 17.9 Å². The number of rotatable bonds is 8. The predicted octanol–water partition coefficient (Wildman–Crippen LogP) is 4.54. The third kappa shape index (κ3) is 5.34. The first kappa shape index (κ1) is 19.0. The molecule has 3 rings (SSSR count). The van der Waals surface area contributed by atoms with Crippen LogP contribution in [0.5, 0.6) is 0 Å². The van der Waals surface area contributed by atoms with E-state index >= 15 is 0 Å². The van der Waals surface area contributed by atoms with Crippen molar-refractivity contribution in [2.24, 2.45) is 5.92 Å². The van der Waals surface area contributed by atoms with Gasteiger partial charge >= 0.3 is 11.9 Å². The van der Waals surface area contributed by atoms with Crippen LogP contribution in [0.15, 0.2) is 64.2 Å². The number of aromatic nitrogens is 1. The van der Waals surface area contributed by atoms with Gasteiger partial charge in [-0.1, -0.05) is 49.4 Å². The van der Waals surface area contributed by atoms with Crippen molar-refractivity contribution in [2.45, 2.75) is 31.6 Å². The fourth-order valence-electron chi connectivity index (χ4n) is 2.42. The standard InChI is InChI=1S/C20H19NO5S/c1-2-15(12-18(22)24-13-14-8-4-3-5-9-14)19(23)26-27-20-21-16-10-6-7-11-17(16)25-20/h3-11,15H,2,12-13H2,1H3. The summed E-state index contributed by atoms with van der Waals surface area (Å²) < 4.78 is 15.9. The Morgan fingerprint density at radius 2 is 1.85 bits per heavy atom. The second kappa shape index (κ2) is 9.23. The summed E-state index contributed by atoms with van der Waals surface area (Å²) in [7, 11) is 0. The summed E-state index contributed by atoms with van der Waals surface area (Å²) in [6.07, 6.45) is 0.434. The zero-order chi connectivity index (χ0) is 19.1. The minimum absolute atomic E-state index is 0.0315. The molecule has 0 aliphatic rings. The normalized spacial score (nSPS) is 11.9. The highest BCUT2D eigenvalue weighted by Crippen LogP contribution is 2.26. The van der Waals surface area contributed by atoms with Crippen LogP contribution in [0.4, 0.5) is 0 Å². The summed E-state index contributed by atoms with van der Waals surface area (Å²) in [4.78, 5) is 28.5. The van der Waals surface area contributed by atoms with Crippen LogP contribution in [0.25, 0.3) is 11.1 Å². The monoisotopic (exact) mass is 385 g/mol. The third-order valence-corrected chi connectivity index (χ3v) is 4.52. The number of oxazole rings is 1. The molecule has 7 heteroatoms. The molecule has 3 aromatic rings. The summed E-state index contributed by atoms with van der Waals surface area (Å²) >= 11 is 0.756. The van der Waals surface area contributed by atoms with E-state index in [2.05, 4.69) is 4.98 Å². The van der Waals surface area contributed by atoms with Gasteiger partial charge < -0.3 is 13.3 Å². The summed E-state index contributed by atoms with van der Waals surface area (Å²) in [5, 5.41) is 0.242. The lowest BCUT2D eigenvalue weighted by atomic mass is 10.0. The molecule has 1 atom stereocenters. The number of carbonyl (C=O) groups is 2. The van der Waals surface area contributed by atoms with E-state index in [1.807, 2.05) is 55.5 Å². The number of hydrogen-bond acceptors (Lipinski definition) is 7. The average Bonchev–Trinajstić information content (AvgIpc) is 3.12. The van der Waals surface area contributed by atoms with Crippen molar-refractivity contribution >= 4 is 35.1 Å². The highest BCUT2D eigenvalue weighted by Gasteiger charge is 2.24. The maximum atomic E-state index is 12.3. The van der Waals surface area contributed by atoms with Crippen molar-refractivity contribution in [3.8, 4) is 0 Å². The number of ether oxygens (including phenoxy) is 1. The molecule has 6 nitrogen and oxygen atoms in total. The smallest absolute Gasteiger partial charge is 0.322 e. The molecule has 0 N–H and O–H groups in total. The van der Waals surface area contributed by atoms with E-state index in [-0.39, 0.29) is 18.3 Å². The Kier molecular flexibility index (Phi) is 6.49. The maximum absolute atomic E-state index is 12.3. The fraction of sp³-hybridized carbons (Fsp3) is 0.250. The third-order valence-electron chi connectivity index (χ3n) is 3.95. The molecule has 1 aromatic heterocycles. The van der Waals surface area contributed by atoms with Crippen molar-refractivity contribution in [1.29, 1.82) is 0 Å². The van der Waals surface area contributed by atoms with Gasteiger partial charge in [0.05, 0.1) is 12.3 Å². The summed E-state index contributed by atoms with van der Waals surface area (Å²) in [6.45, 7) is 2.00. The van der Waals surface area contributed by atoms with Gasteiger partial charge in [-0.3, -0.25) is 9.59 Å². The second-order valence-electron chi connectivity index (χ2n) is 5.89. The number of benzene rings is 2. The van der Waals surface area contributed by atoms with E-state index in [1.165, 1.54) is 0 Å². The molecule has 0 bridgehead atoms. The Bertz CT molecular complexity index is 876. The largest absolute Gasteiger partial charge is 0.461 e. The lowest BCUT2D eigenvalue weighted by Crippen LogP contribution is -2.20. The molecule has 140 valence electrons. The number of para-hydroxylation sites is 2. The lowest BCUT2D eigenvalue weighted by Gasteiger charge is -2.12. The molecular formula is C20H19NO5S. The van der Waals surface area contributed by atoms with Gasteiger partial charge in [-0.25, -0.2) is 4.98 Å². The molecule has 0 fully saturated rings. The number of nitrogens with zero attached hydrogens (tertiary/aromatic N) is 1. The molecule has 0 aliphatic heterocycles. The number of fused-ring (bicyclic) bond motifs is 1. The van der Waals surface area contributed by atoms with Gasteiger partial charge in [0.15, 0.2) is 17.6 Å². The molecule has 1 unspecified atom stereocenters. The first-order chi connectivity index (χ1) is 13.2. The lowest BCUT2D eigenvalue weighted by molar-refractivity contribution is -0.150. The SMILES string of the molecule is CCC(CC(=O)OCc1ccccc1)C(=O)OSc1nc2ccccc2o1. The zero-order valence-electron chi connectivity index (χ0n) is 14.8. The summed E-state index contributed by atoms with van der Waals surface area (Å²) in [6, 6.07) is 16.7. The van der Waals surface area contributed by atoms with Crippen molar-refractivity contribution in [3.05, 3.63) is 60.2 Å². The maximum Gasteiger partial charge on any atom is 0.322 e. The van der Waals surface area contributed by atoms with Crippen LogP contribution in [-0.4, -0.2) is 16.9 Å². The van der Waals surface area contributed by atoms with Crippen LogP contribution in [0.3, 0.4) is 0 Å². The van der Waals surface area contributed by atoms with Gasteiger partial charge in [-0.15, -0.1) is 0 Å². The first-order valence-corrected chi connectivity index (χ1v) is 9.33. The van der Waals surface area contributed by atoms with Crippen molar-refractivity contribution in [3.63, 3.8) is 0 Å². The van der Waals surface area contributed by atoms with Gasteiger partial charge in [-0.2, -0.15) is 0 Å². The van der Waals surface area contributed by atoms with Crippen molar-refractivity contribution < 1.29 is 22.9 Å². The number of esters is 1. The molecule has 0 radical (unpaired) electrons. The summed E-state index contributed by atoms with van der Waals surface area (Å²) in [5.74, 6) is -1.51. The van der Waals surface area contributed by atoms with Gasteiger partial charge in [0.1, 0.15) is 12.1 Å². The van der Waals surface area contributed by atoms with Crippen LogP contribution in [-0.2, 0) is 25.1 Å². The van der Waals surface area contributed by atoms with Crippen LogP contribution >= 0.6 is 12.0 Å². The fourth-order valence-corrected chi connectivity index (χ4v) is 2.97. The Balaban J connectivity index is 1.48. The molecule has 0 saturated heterocycles. The van der Waals surface area contributed by atoms with Crippen LogP contribution in [0.1, 0.15) is 25.3 Å². The Hall–Kier alpha value is -2.80. The van der Waals surface area contributed by atoms with Crippen LogP contribution in [0, 0.1) is 5.92 Å². The highest BCUT2D eigenvalue weighted by atomic mass is 32.2. The molecule has 0 saturated carbocycles. The van der Waals surface area contributed by atoms with E-state index in [1.54, 1.807) is 6.07 Å². The Morgan fingerprint density at radius 1 is 1.11 bits per heavy atom. The highest BCUT2D eigenvalue weighted by molar-refractivity contribution is 7.94. The predicted molar refractivity (Wildman–Crippen MR) is 101 cm³/mol. The topological polar surface area (TPSA) is 78.6 Å². The molecule has 0 spiro atoms. The Morgan fingerprint density at radius 3 is 2.59 bits per heavy atom. The van der Waals surface area contributed by atoms with Crippen LogP contribution < -0.4 is 0 Å². The van der Waals surface area contributed by atoms with E-state index in [0.29, 0.717) is 17.5 Å². The second-order valence-corrected chi connectivity index (χ2v) is 6.57. The van der Waals surface area contributed by atoms with E-state index in [0.717, 1.165) is 17.6 Å². The molecule has 0 amide bonds. The average molecular weight is 385 g/mol. The molecule has 27 heavy (non-hydrogen) atoms. The quantitative estimate of drug-likeness (QED) is 0.416. The molecule has 2 aromatic carbocycles. The van der Waals surface area contributed by atoms with Gasteiger partial charge in [-0.05, 0) is 24.1 Å². The van der Waals surface area contributed by atoms with Crippen molar-refractivity contribution in [1.82, 2.24) is 4.98 Å². The van der Waals surface area contributed by atoms with Crippen LogP contribution in [0.2, 0.25) is 0 Å². The number of hydrogen-bond donors (Lipinski definition) is 0. The van der Waals surface area contributed by atoms with E-state index in [4.69, 9.17) is 13.3 Å².